The van der Waals surface area contributed by atoms with Crippen molar-refractivity contribution in [2.75, 3.05) is 13.7 Å². The van der Waals surface area contributed by atoms with Crippen LogP contribution in [0.1, 0.15) is 16.9 Å². The van der Waals surface area contributed by atoms with E-state index >= 15 is 0 Å². The summed E-state index contributed by atoms with van der Waals surface area (Å²) < 4.78 is 6.24. The highest BCUT2D eigenvalue weighted by molar-refractivity contribution is 5.93. The fraction of sp³-hybridized carbons (Fsp3) is 0.455. The highest BCUT2D eigenvalue weighted by atomic mass is 16.6. The predicted octanol–water partition coefficient (Wildman–Crippen LogP) is 0.153. The molecule has 0 saturated heterocycles. The van der Waals surface area contributed by atoms with Crippen LogP contribution in [-0.4, -0.2) is 46.2 Å². The molecule has 9 nitrogen and oxygen atoms in total. The van der Waals surface area contributed by atoms with E-state index in [4.69, 9.17) is 9.84 Å². The van der Waals surface area contributed by atoms with Crippen molar-refractivity contribution in [1.82, 2.24) is 9.88 Å². The molecule has 0 spiro atoms. The van der Waals surface area contributed by atoms with Crippen molar-refractivity contribution in [1.29, 1.82) is 0 Å². The molecule has 1 amide bonds. The molecule has 0 fully saturated rings. The topological polar surface area (TPSA) is 124 Å². The molecule has 1 unspecified atom stereocenters. The number of nitrogens with zero attached hydrogens (tertiary/aromatic N) is 2. The summed E-state index contributed by atoms with van der Waals surface area (Å²) in [4.78, 5) is 32.4. The molecule has 1 rings (SSSR count). The van der Waals surface area contributed by atoms with Gasteiger partial charge in [0.15, 0.2) is 0 Å². The number of methoxy groups -OCH3 is 1. The van der Waals surface area contributed by atoms with E-state index in [0.29, 0.717) is 0 Å². The molecule has 0 bridgehead atoms. The Bertz CT molecular complexity index is 524. The van der Waals surface area contributed by atoms with Crippen LogP contribution in [-0.2, 0) is 16.6 Å². The average molecular weight is 285 g/mol. The van der Waals surface area contributed by atoms with E-state index in [1.807, 2.05) is 0 Å². The second-order valence-corrected chi connectivity index (χ2v) is 4.12. The molecule has 9 heteroatoms. The minimum atomic E-state index is -1.04. The minimum Gasteiger partial charge on any atom is -0.481 e. The quantitative estimate of drug-likeness (QED) is 0.543. The predicted molar refractivity (Wildman–Crippen MR) is 67.5 cm³/mol. The van der Waals surface area contributed by atoms with Gasteiger partial charge in [-0.3, -0.25) is 19.7 Å². The SMILES string of the molecule is COC(CNC(=O)c1cc([N+](=O)[O-])cn1C)CC(=O)O. The maximum atomic E-state index is 11.9. The minimum absolute atomic E-state index is 0.000606. The molecule has 1 atom stereocenters. The number of hydrogen-bond donors (Lipinski definition) is 2. The fourth-order valence-electron chi connectivity index (χ4n) is 1.60. The van der Waals surface area contributed by atoms with Gasteiger partial charge >= 0.3 is 5.97 Å². The molecule has 0 aliphatic carbocycles. The summed E-state index contributed by atoms with van der Waals surface area (Å²) in [6.45, 7) is 0.000606. The van der Waals surface area contributed by atoms with E-state index < -0.39 is 22.9 Å². The third-order valence-corrected chi connectivity index (χ3v) is 2.66. The Hall–Kier alpha value is -2.42. The first kappa shape index (κ1) is 15.6. The second-order valence-electron chi connectivity index (χ2n) is 4.12. The number of ether oxygens (including phenoxy) is 1. The van der Waals surface area contributed by atoms with Crippen molar-refractivity contribution >= 4 is 17.6 Å². The van der Waals surface area contributed by atoms with Gasteiger partial charge in [0, 0.05) is 26.8 Å². The zero-order valence-electron chi connectivity index (χ0n) is 11.0. The summed E-state index contributed by atoms with van der Waals surface area (Å²) >= 11 is 0. The van der Waals surface area contributed by atoms with Crippen LogP contribution in [0.15, 0.2) is 12.3 Å². The van der Waals surface area contributed by atoms with Crippen molar-refractivity contribution in [2.45, 2.75) is 12.5 Å². The molecular weight excluding hydrogens is 270 g/mol. The fourth-order valence-corrected chi connectivity index (χ4v) is 1.60. The molecule has 0 radical (unpaired) electrons. The Labute approximate surface area is 114 Å². The summed E-state index contributed by atoms with van der Waals surface area (Å²) in [5, 5.41) is 21.7. The van der Waals surface area contributed by atoms with Crippen molar-refractivity contribution in [3.63, 3.8) is 0 Å². The highest BCUT2D eigenvalue weighted by Crippen LogP contribution is 2.15. The number of amides is 1. The van der Waals surface area contributed by atoms with E-state index in [1.54, 1.807) is 0 Å². The Morgan fingerprint density at radius 2 is 2.25 bits per heavy atom. The summed E-state index contributed by atoms with van der Waals surface area (Å²) in [7, 11) is 2.85. The molecule has 0 aliphatic rings. The Morgan fingerprint density at radius 3 is 2.70 bits per heavy atom. The number of carbonyl (C=O) groups is 2. The Kier molecular flexibility index (Phi) is 5.21. The number of nitrogens with one attached hydrogen (secondary N) is 1. The van der Waals surface area contributed by atoms with Crippen molar-refractivity contribution in [3.05, 3.63) is 28.1 Å². The van der Waals surface area contributed by atoms with Crippen LogP contribution >= 0.6 is 0 Å². The van der Waals surface area contributed by atoms with E-state index in [-0.39, 0.29) is 24.3 Å². The van der Waals surface area contributed by atoms with E-state index in [0.717, 1.165) is 6.07 Å². The van der Waals surface area contributed by atoms with Gasteiger partial charge in [-0.25, -0.2) is 0 Å². The number of carboxylic acids is 1. The summed E-state index contributed by atoms with van der Waals surface area (Å²) in [5.41, 5.74) is -0.0756. The van der Waals surface area contributed by atoms with E-state index in [2.05, 4.69) is 5.32 Å². The van der Waals surface area contributed by atoms with Gasteiger partial charge in [0.2, 0.25) is 0 Å². The van der Waals surface area contributed by atoms with Gasteiger partial charge in [0.25, 0.3) is 11.6 Å². The Morgan fingerprint density at radius 1 is 1.60 bits per heavy atom. The van der Waals surface area contributed by atoms with Crippen LogP contribution in [0.4, 0.5) is 5.69 Å². The molecule has 0 aromatic carbocycles. The molecule has 1 heterocycles. The average Bonchev–Trinajstić information content (AvgIpc) is 2.76. The van der Waals surface area contributed by atoms with Gasteiger partial charge < -0.3 is 19.7 Å². The lowest BCUT2D eigenvalue weighted by atomic mass is 10.2. The van der Waals surface area contributed by atoms with Gasteiger partial charge in [0.1, 0.15) is 5.69 Å². The largest absolute Gasteiger partial charge is 0.481 e. The van der Waals surface area contributed by atoms with Gasteiger partial charge in [-0.15, -0.1) is 0 Å². The normalized spacial score (nSPS) is 11.9. The molecule has 0 aliphatic heterocycles. The van der Waals surface area contributed by atoms with Crippen LogP contribution in [0.25, 0.3) is 0 Å². The standard InChI is InChI=1S/C11H15N3O6/c1-13-6-7(14(18)19)3-9(13)11(17)12-5-8(20-2)4-10(15)16/h3,6,8H,4-5H2,1-2H3,(H,12,17)(H,15,16). The van der Waals surface area contributed by atoms with Crippen molar-refractivity contribution in [3.8, 4) is 0 Å². The number of carboxylic acid groups (broad SMARTS) is 1. The molecule has 1 aromatic heterocycles. The zero-order valence-corrected chi connectivity index (χ0v) is 11.0. The molecule has 0 saturated carbocycles. The number of aryl methyl sites for hydroxylation is 1. The van der Waals surface area contributed by atoms with Crippen LogP contribution in [0.2, 0.25) is 0 Å². The highest BCUT2D eigenvalue weighted by Gasteiger charge is 2.19. The maximum Gasteiger partial charge on any atom is 0.306 e. The smallest absolute Gasteiger partial charge is 0.306 e. The third kappa shape index (κ3) is 4.05. The lowest BCUT2D eigenvalue weighted by Gasteiger charge is -2.13. The van der Waals surface area contributed by atoms with Gasteiger partial charge in [0.05, 0.1) is 23.6 Å². The summed E-state index contributed by atoms with van der Waals surface area (Å²) in [6.07, 6.45) is 0.316. The van der Waals surface area contributed by atoms with Crippen molar-refractivity contribution in [2.24, 2.45) is 7.05 Å². The zero-order chi connectivity index (χ0) is 15.3. The first-order chi connectivity index (χ1) is 9.35. The number of aromatic nitrogens is 1. The lowest BCUT2D eigenvalue weighted by molar-refractivity contribution is -0.384. The molecule has 110 valence electrons. The molecule has 1 aromatic rings. The van der Waals surface area contributed by atoms with E-state index in [9.17, 15) is 19.7 Å². The molecular formula is C11H15N3O6. The Balaban J connectivity index is 2.67. The van der Waals surface area contributed by atoms with E-state index in [1.165, 1.54) is 24.9 Å². The first-order valence-electron chi connectivity index (χ1n) is 5.68. The van der Waals surface area contributed by atoms with Crippen molar-refractivity contribution < 1.29 is 24.4 Å². The van der Waals surface area contributed by atoms with Crippen LogP contribution in [0.3, 0.4) is 0 Å². The summed E-state index contributed by atoms with van der Waals surface area (Å²) in [6, 6.07) is 1.15. The number of nitro groups is 1. The van der Waals surface area contributed by atoms with Crippen LogP contribution < -0.4 is 5.32 Å². The number of hydrogen-bond acceptors (Lipinski definition) is 5. The monoisotopic (exact) mass is 285 g/mol. The molecule has 20 heavy (non-hydrogen) atoms. The molecule has 2 N–H and O–H groups in total. The van der Waals surface area contributed by atoms with Gasteiger partial charge in [-0.1, -0.05) is 0 Å². The van der Waals surface area contributed by atoms with Crippen LogP contribution in [0.5, 0.6) is 0 Å². The number of carbonyl (C=O) groups excluding carboxylic acids is 1. The number of aliphatic carboxylic acids is 1. The first-order valence-corrected chi connectivity index (χ1v) is 5.68. The summed E-state index contributed by atoms with van der Waals surface area (Å²) in [5.74, 6) is -1.58. The second kappa shape index (κ2) is 6.66. The van der Waals surface area contributed by atoms with Gasteiger partial charge in [-0.05, 0) is 0 Å². The van der Waals surface area contributed by atoms with Gasteiger partial charge in [-0.2, -0.15) is 0 Å². The third-order valence-electron chi connectivity index (χ3n) is 2.66. The lowest BCUT2D eigenvalue weighted by Crippen LogP contribution is -2.35. The van der Waals surface area contributed by atoms with Crippen LogP contribution in [0, 0.1) is 10.1 Å². The maximum absolute atomic E-state index is 11.9. The number of rotatable bonds is 7.